The molecule has 0 saturated carbocycles. The fraction of sp³-hybridized carbons (Fsp3) is 0.364. The zero-order chi connectivity index (χ0) is 10.8. The SMILES string of the molecule is COc1ccc2c(c1)NC(=O)CC2CO. The molecule has 80 valence electrons. The zero-order valence-corrected chi connectivity index (χ0v) is 8.49. The van der Waals surface area contributed by atoms with Crippen LogP contribution in [-0.2, 0) is 4.79 Å². The third-order valence-corrected chi connectivity index (χ3v) is 2.63. The van der Waals surface area contributed by atoms with E-state index in [1.165, 1.54) is 0 Å². The molecule has 0 fully saturated rings. The first-order valence-electron chi connectivity index (χ1n) is 4.83. The summed E-state index contributed by atoms with van der Waals surface area (Å²) in [7, 11) is 1.58. The number of hydrogen-bond acceptors (Lipinski definition) is 3. The molecule has 1 aromatic carbocycles. The second kappa shape index (κ2) is 3.90. The van der Waals surface area contributed by atoms with Crippen molar-refractivity contribution in [3.05, 3.63) is 23.8 Å². The number of nitrogens with one attached hydrogen (secondary N) is 1. The highest BCUT2D eigenvalue weighted by Crippen LogP contribution is 2.34. The minimum atomic E-state index is -0.0975. The van der Waals surface area contributed by atoms with Crippen LogP contribution in [0.3, 0.4) is 0 Å². The monoisotopic (exact) mass is 207 g/mol. The highest BCUT2D eigenvalue weighted by atomic mass is 16.5. The van der Waals surface area contributed by atoms with Gasteiger partial charge in [-0.05, 0) is 11.6 Å². The molecular formula is C11H13NO3. The maximum atomic E-state index is 11.3. The molecule has 0 aliphatic carbocycles. The third kappa shape index (κ3) is 1.80. The van der Waals surface area contributed by atoms with Crippen molar-refractivity contribution in [3.63, 3.8) is 0 Å². The summed E-state index contributed by atoms with van der Waals surface area (Å²) in [6.07, 6.45) is 0.343. The van der Waals surface area contributed by atoms with E-state index >= 15 is 0 Å². The number of benzene rings is 1. The first kappa shape index (κ1) is 9.98. The minimum absolute atomic E-state index is 0.00719. The Kier molecular flexibility index (Phi) is 2.60. The first-order chi connectivity index (χ1) is 7.24. The molecule has 15 heavy (non-hydrogen) atoms. The van der Waals surface area contributed by atoms with Gasteiger partial charge in [0.1, 0.15) is 5.75 Å². The van der Waals surface area contributed by atoms with Crippen molar-refractivity contribution in [1.29, 1.82) is 0 Å². The van der Waals surface area contributed by atoms with Crippen LogP contribution in [0.25, 0.3) is 0 Å². The Hall–Kier alpha value is -1.55. The van der Waals surface area contributed by atoms with Gasteiger partial charge in [0, 0.05) is 24.1 Å². The molecule has 2 rings (SSSR count). The van der Waals surface area contributed by atoms with Gasteiger partial charge in [-0.2, -0.15) is 0 Å². The number of methoxy groups -OCH3 is 1. The van der Waals surface area contributed by atoms with E-state index in [1.54, 1.807) is 13.2 Å². The number of anilines is 1. The lowest BCUT2D eigenvalue weighted by molar-refractivity contribution is -0.117. The summed E-state index contributed by atoms with van der Waals surface area (Å²) in [5, 5.41) is 11.9. The zero-order valence-electron chi connectivity index (χ0n) is 8.49. The van der Waals surface area contributed by atoms with Crippen LogP contribution in [-0.4, -0.2) is 24.7 Å². The van der Waals surface area contributed by atoms with E-state index in [9.17, 15) is 9.90 Å². The number of ether oxygens (including phenoxy) is 1. The van der Waals surface area contributed by atoms with Crippen LogP contribution < -0.4 is 10.1 Å². The summed E-state index contributed by atoms with van der Waals surface area (Å²) in [5.41, 5.74) is 1.71. The molecule has 4 nitrogen and oxygen atoms in total. The van der Waals surface area contributed by atoms with Crippen LogP contribution in [0.15, 0.2) is 18.2 Å². The van der Waals surface area contributed by atoms with Gasteiger partial charge in [-0.15, -0.1) is 0 Å². The lowest BCUT2D eigenvalue weighted by atomic mass is 9.91. The van der Waals surface area contributed by atoms with Crippen molar-refractivity contribution in [2.45, 2.75) is 12.3 Å². The van der Waals surface area contributed by atoms with Gasteiger partial charge in [0.15, 0.2) is 0 Å². The van der Waals surface area contributed by atoms with E-state index < -0.39 is 0 Å². The smallest absolute Gasteiger partial charge is 0.225 e. The van der Waals surface area contributed by atoms with E-state index in [4.69, 9.17) is 4.74 Å². The van der Waals surface area contributed by atoms with E-state index in [-0.39, 0.29) is 18.4 Å². The fourth-order valence-electron chi connectivity index (χ4n) is 1.82. The number of aliphatic hydroxyl groups is 1. The summed E-state index contributed by atoms with van der Waals surface area (Å²) in [4.78, 5) is 11.3. The molecule has 1 heterocycles. The van der Waals surface area contributed by atoms with Crippen molar-refractivity contribution < 1.29 is 14.6 Å². The number of carbonyl (C=O) groups is 1. The number of aliphatic hydroxyl groups excluding tert-OH is 1. The highest BCUT2D eigenvalue weighted by molar-refractivity contribution is 5.95. The summed E-state index contributed by atoms with van der Waals surface area (Å²) >= 11 is 0. The largest absolute Gasteiger partial charge is 0.497 e. The summed E-state index contributed by atoms with van der Waals surface area (Å²) < 4.78 is 5.07. The van der Waals surface area contributed by atoms with Gasteiger partial charge < -0.3 is 15.2 Å². The van der Waals surface area contributed by atoms with E-state index in [0.29, 0.717) is 12.2 Å². The Morgan fingerprint density at radius 3 is 3.07 bits per heavy atom. The Balaban J connectivity index is 2.41. The highest BCUT2D eigenvalue weighted by Gasteiger charge is 2.24. The second-order valence-electron chi connectivity index (χ2n) is 3.58. The van der Waals surface area contributed by atoms with Crippen LogP contribution in [0.5, 0.6) is 5.75 Å². The van der Waals surface area contributed by atoms with Crippen molar-refractivity contribution in [1.82, 2.24) is 0 Å². The molecule has 0 aromatic heterocycles. The molecule has 4 heteroatoms. The van der Waals surface area contributed by atoms with E-state index in [2.05, 4.69) is 5.32 Å². The summed E-state index contributed by atoms with van der Waals surface area (Å²) in [6, 6.07) is 5.49. The lowest BCUT2D eigenvalue weighted by Crippen LogP contribution is -2.24. The quantitative estimate of drug-likeness (QED) is 0.763. The Morgan fingerprint density at radius 1 is 1.60 bits per heavy atom. The molecule has 0 bridgehead atoms. The topological polar surface area (TPSA) is 58.6 Å². The third-order valence-electron chi connectivity index (χ3n) is 2.63. The van der Waals surface area contributed by atoms with Crippen molar-refractivity contribution in [3.8, 4) is 5.75 Å². The fourth-order valence-corrected chi connectivity index (χ4v) is 1.82. The van der Waals surface area contributed by atoms with Crippen LogP contribution in [0.2, 0.25) is 0 Å². The number of amides is 1. The second-order valence-corrected chi connectivity index (χ2v) is 3.58. The van der Waals surface area contributed by atoms with Gasteiger partial charge in [-0.3, -0.25) is 4.79 Å². The summed E-state index contributed by atoms with van der Waals surface area (Å²) in [6.45, 7) is -0.00719. The van der Waals surface area contributed by atoms with E-state index in [1.807, 2.05) is 12.1 Å². The molecule has 1 aromatic rings. The maximum Gasteiger partial charge on any atom is 0.225 e. The molecule has 1 aliphatic rings. The van der Waals surface area contributed by atoms with Crippen molar-refractivity contribution in [2.75, 3.05) is 19.0 Å². The Morgan fingerprint density at radius 2 is 2.40 bits per heavy atom. The van der Waals surface area contributed by atoms with Crippen LogP contribution in [0.1, 0.15) is 17.9 Å². The van der Waals surface area contributed by atoms with Gasteiger partial charge in [-0.1, -0.05) is 6.07 Å². The molecule has 0 radical (unpaired) electrons. The first-order valence-corrected chi connectivity index (χ1v) is 4.83. The maximum absolute atomic E-state index is 11.3. The number of fused-ring (bicyclic) bond motifs is 1. The van der Waals surface area contributed by atoms with Gasteiger partial charge in [0.2, 0.25) is 5.91 Å². The average Bonchev–Trinajstić information content (AvgIpc) is 2.26. The number of rotatable bonds is 2. The molecule has 1 unspecified atom stereocenters. The molecule has 1 amide bonds. The molecule has 1 atom stereocenters. The van der Waals surface area contributed by atoms with Crippen LogP contribution in [0.4, 0.5) is 5.69 Å². The van der Waals surface area contributed by atoms with Gasteiger partial charge in [0.05, 0.1) is 13.7 Å². The Labute approximate surface area is 87.9 Å². The summed E-state index contributed by atoms with van der Waals surface area (Å²) in [5.74, 6) is 0.544. The standard InChI is InChI=1S/C11H13NO3/c1-15-8-2-3-9-7(6-13)4-11(14)12-10(9)5-8/h2-3,5,7,13H,4,6H2,1H3,(H,12,14). The normalized spacial score (nSPS) is 19.3. The predicted octanol–water partition coefficient (Wildman–Crippen LogP) is 1.11. The number of carbonyl (C=O) groups excluding carboxylic acids is 1. The van der Waals surface area contributed by atoms with Gasteiger partial charge in [0.25, 0.3) is 0 Å². The molecular weight excluding hydrogens is 194 g/mol. The van der Waals surface area contributed by atoms with E-state index in [0.717, 1.165) is 11.3 Å². The van der Waals surface area contributed by atoms with Crippen LogP contribution in [0, 0.1) is 0 Å². The Bertz CT molecular complexity index is 389. The van der Waals surface area contributed by atoms with Crippen LogP contribution >= 0.6 is 0 Å². The minimum Gasteiger partial charge on any atom is -0.497 e. The van der Waals surface area contributed by atoms with Gasteiger partial charge in [-0.25, -0.2) is 0 Å². The molecule has 0 saturated heterocycles. The van der Waals surface area contributed by atoms with Crippen molar-refractivity contribution in [2.24, 2.45) is 0 Å². The molecule has 0 spiro atoms. The predicted molar refractivity (Wildman–Crippen MR) is 56.1 cm³/mol. The van der Waals surface area contributed by atoms with Crippen molar-refractivity contribution >= 4 is 11.6 Å². The molecule has 1 aliphatic heterocycles. The molecule has 2 N–H and O–H groups in total. The van der Waals surface area contributed by atoms with Gasteiger partial charge >= 0.3 is 0 Å². The lowest BCUT2D eigenvalue weighted by Gasteiger charge is -2.24. The average molecular weight is 207 g/mol. The number of hydrogen-bond donors (Lipinski definition) is 2.